The van der Waals surface area contributed by atoms with E-state index in [-0.39, 0.29) is 6.61 Å². The Morgan fingerprint density at radius 1 is 1.50 bits per heavy atom. The maximum absolute atomic E-state index is 12.2. The topological polar surface area (TPSA) is 58.6 Å². The van der Waals surface area contributed by atoms with Gasteiger partial charge in [-0.05, 0) is 0 Å². The molecule has 0 radical (unpaired) electrons. The van der Waals surface area contributed by atoms with Crippen molar-refractivity contribution in [2.24, 2.45) is 5.92 Å². The number of aliphatic carboxylic acids is 1. The van der Waals surface area contributed by atoms with Gasteiger partial charge in [0.25, 0.3) is 0 Å². The number of rotatable bonds is 1. The van der Waals surface area contributed by atoms with Crippen molar-refractivity contribution in [2.45, 2.75) is 24.4 Å². The highest BCUT2D eigenvalue weighted by molar-refractivity contribution is 5.74. The van der Waals surface area contributed by atoms with Gasteiger partial charge in [0.2, 0.25) is 0 Å². The Morgan fingerprint density at radius 3 is 2.64 bits per heavy atom. The normalized spacial score (nSPS) is 41.6. The van der Waals surface area contributed by atoms with Crippen LogP contribution in [0.25, 0.3) is 0 Å². The Labute approximate surface area is 77.0 Å². The van der Waals surface area contributed by atoms with E-state index in [9.17, 15) is 18.0 Å². The molecule has 7 heteroatoms. The average molecular weight is 211 g/mol. The van der Waals surface area contributed by atoms with Crippen molar-refractivity contribution < 1.29 is 27.8 Å². The van der Waals surface area contributed by atoms with Crippen LogP contribution in [0.3, 0.4) is 0 Å². The molecule has 0 bridgehead atoms. The van der Waals surface area contributed by atoms with Gasteiger partial charge in [-0.25, -0.2) is 0 Å². The van der Waals surface area contributed by atoms with E-state index in [0.717, 1.165) is 0 Å². The zero-order valence-corrected chi connectivity index (χ0v) is 6.91. The maximum atomic E-state index is 12.2. The first-order valence-electron chi connectivity index (χ1n) is 4.08. The maximum Gasteiger partial charge on any atom is 0.395 e. The fraction of sp³-hybridized carbons (Fsp3) is 0.857. The lowest BCUT2D eigenvalue weighted by Gasteiger charge is -2.18. The molecule has 4 nitrogen and oxygen atoms in total. The Bertz CT molecular complexity index is 267. The summed E-state index contributed by atoms with van der Waals surface area (Å²) in [7, 11) is 0. The summed E-state index contributed by atoms with van der Waals surface area (Å²) in [6, 6.07) is -1.91. The van der Waals surface area contributed by atoms with E-state index < -0.39 is 36.3 Å². The molecule has 0 aromatic carbocycles. The molecule has 2 N–H and O–H groups in total. The molecule has 1 saturated heterocycles. The van der Waals surface area contributed by atoms with Gasteiger partial charge in [0.15, 0.2) is 0 Å². The molecule has 4 unspecified atom stereocenters. The standard InChI is InChI=1S/C7H8F3NO3/c8-7(9,10)3-4-5(3)14-1-2(11-4)6(12)13/h2-5,11H,1H2,(H,12,13). The minimum atomic E-state index is -4.31. The van der Waals surface area contributed by atoms with Crippen LogP contribution in [0.2, 0.25) is 0 Å². The van der Waals surface area contributed by atoms with Crippen molar-refractivity contribution in [1.29, 1.82) is 0 Å². The fourth-order valence-electron chi connectivity index (χ4n) is 1.71. The lowest BCUT2D eigenvalue weighted by atomic mass is 10.3. The predicted molar refractivity (Wildman–Crippen MR) is 37.6 cm³/mol. The van der Waals surface area contributed by atoms with Gasteiger partial charge < -0.3 is 9.84 Å². The highest BCUT2D eigenvalue weighted by Crippen LogP contribution is 2.48. The number of ether oxygens (including phenoxy) is 1. The largest absolute Gasteiger partial charge is 0.480 e. The van der Waals surface area contributed by atoms with Crippen LogP contribution in [0.15, 0.2) is 0 Å². The van der Waals surface area contributed by atoms with Gasteiger partial charge in [0, 0.05) is 6.04 Å². The van der Waals surface area contributed by atoms with E-state index in [1.807, 2.05) is 0 Å². The Hall–Kier alpha value is -0.820. The molecule has 1 aliphatic heterocycles. The van der Waals surface area contributed by atoms with Crippen molar-refractivity contribution in [2.75, 3.05) is 6.61 Å². The van der Waals surface area contributed by atoms with Crippen LogP contribution in [0.1, 0.15) is 0 Å². The van der Waals surface area contributed by atoms with Gasteiger partial charge in [0.05, 0.1) is 12.7 Å². The number of hydrogen-bond acceptors (Lipinski definition) is 3. The predicted octanol–water partition coefficient (Wildman–Crippen LogP) is -0.0113. The quantitative estimate of drug-likeness (QED) is 0.640. The molecule has 0 amide bonds. The molecule has 2 rings (SSSR count). The molecule has 14 heavy (non-hydrogen) atoms. The molecule has 0 spiro atoms. The van der Waals surface area contributed by atoms with E-state index >= 15 is 0 Å². The molecule has 0 aromatic heterocycles. The van der Waals surface area contributed by atoms with Crippen LogP contribution >= 0.6 is 0 Å². The highest BCUT2D eigenvalue weighted by Gasteiger charge is 2.67. The summed E-state index contributed by atoms with van der Waals surface area (Å²) in [6.45, 7) is -0.205. The third-order valence-corrected chi connectivity index (χ3v) is 2.48. The van der Waals surface area contributed by atoms with Crippen LogP contribution in [-0.4, -0.2) is 42.0 Å². The van der Waals surface area contributed by atoms with Gasteiger partial charge in [-0.3, -0.25) is 10.1 Å². The summed E-state index contributed by atoms with van der Waals surface area (Å²) in [4.78, 5) is 10.5. The smallest absolute Gasteiger partial charge is 0.395 e. The van der Waals surface area contributed by atoms with Crippen molar-refractivity contribution in [3.8, 4) is 0 Å². The van der Waals surface area contributed by atoms with Gasteiger partial charge in [-0.2, -0.15) is 13.2 Å². The van der Waals surface area contributed by atoms with Gasteiger partial charge in [0.1, 0.15) is 12.0 Å². The second-order valence-electron chi connectivity index (χ2n) is 3.45. The zero-order chi connectivity index (χ0) is 10.5. The Balaban J connectivity index is 1.98. The second-order valence-corrected chi connectivity index (χ2v) is 3.45. The molecule has 4 atom stereocenters. The molecule has 2 fully saturated rings. The van der Waals surface area contributed by atoms with Crippen LogP contribution in [0.4, 0.5) is 13.2 Å². The average Bonchev–Trinajstić information content (AvgIpc) is 2.74. The van der Waals surface area contributed by atoms with E-state index in [4.69, 9.17) is 9.84 Å². The first kappa shape index (κ1) is 9.72. The minimum Gasteiger partial charge on any atom is -0.480 e. The zero-order valence-electron chi connectivity index (χ0n) is 6.91. The second kappa shape index (κ2) is 2.83. The van der Waals surface area contributed by atoms with Crippen molar-refractivity contribution in [3.05, 3.63) is 0 Å². The number of carboxylic acids is 1. The number of hydrogen-bond donors (Lipinski definition) is 2. The molecule has 80 valence electrons. The van der Waals surface area contributed by atoms with Gasteiger partial charge >= 0.3 is 12.1 Å². The number of nitrogens with one attached hydrogen (secondary N) is 1. The van der Waals surface area contributed by atoms with Crippen LogP contribution in [0, 0.1) is 5.92 Å². The van der Waals surface area contributed by atoms with Gasteiger partial charge in [-0.1, -0.05) is 0 Å². The Morgan fingerprint density at radius 2 is 2.14 bits per heavy atom. The van der Waals surface area contributed by atoms with Crippen molar-refractivity contribution in [3.63, 3.8) is 0 Å². The van der Waals surface area contributed by atoms with Gasteiger partial charge in [-0.15, -0.1) is 0 Å². The Kier molecular flexibility index (Phi) is 1.97. The number of morpholine rings is 1. The summed E-state index contributed by atoms with van der Waals surface area (Å²) in [5, 5.41) is 10.9. The molecular weight excluding hydrogens is 203 g/mol. The third-order valence-electron chi connectivity index (χ3n) is 2.48. The molecule has 2 aliphatic rings. The number of carbonyl (C=O) groups is 1. The minimum absolute atomic E-state index is 0.205. The van der Waals surface area contributed by atoms with Crippen LogP contribution < -0.4 is 5.32 Å². The molecule has 1 heterocycles. The van der Waals surface area contributed by atoms with E-state index in [1.54, 1.807) is 0 Å². The third kappa shape index (κ3) is 1.46. The lowest BCUT2D eigenvalue weighted by molar-refractivity contribution is -0.156. The lowest BCUT2D eigenvalue weighted by Crippen LogP contribution is -2.46. The summed E-state index contributed by atoms with van der Waals surface area (Å²) in [6.07, 6.45) is -5.21. The van der Waals surface area contributed by atoms with E-state index in [2.05, 4.69) is 5.32 Å². The summed E-state index contributed by atoms with van der Waals surface area (Å²) >= 11 is 0. The highest BCUT2D eigenvalue weighted by atomic mass is 19.4. The monoisotopic (exact) mass is 211 g/mol. The van der Waals surface area contributed by atoms with E-state index in [1.165, 1.54) is 0 Å². The van der Waals surface area contributed by atoms with Crippen molar-refractivity contribution in [1.82, 2.24) is 5.32 Å². The number of alkyl halides is 3. The summed E-state index contributed by atoms with van der Waals surface area (Å²) in [5.74, 6) is -2.73. The van der Waals surface area contributed by atoms with Crippen LogP contribution in [0.5, 0.6) is 0 Å². The molecule has 1 aliphatic carbocycles. The molecular formula is C7H8F3NO3. The first-order chi connectivity index (χ1) is 6.41. The van der Waals surface area contributed by atoms with E-state index in [0.29, 0.717) is 0 Å². The number of halogens is 3. The number of fused-ring (bicyclic) bond motifs is 1. The molecule has 1 saturated carbocycles. The first-order valence-corrected chi connectivity index (χ1v) is 4.08. The van der Waals surface area contributed by atoms with Crippen molar-refractivity contribution >= 4 is 5.97 Å². The summed E-state index contributed by atoms with van der Waals surface area (Å²) in [5.41, 5.74) is 0. The fourth-order valence-corrected chi connectivity index (χ4v) is 1.71. The van der Waals surface area contributed by atoms with Crippen LogP contribution in [-0.2, 0) is 9.53 Å². The number of carboxylic acid groups (broad SMARTS) is 1. The summed E-state index contributed by atoms with van der Waals surface area (Å²) < 4.78 is 41.4. The molecule has 0 aromatic rings. The SMILES string of the molecule is O=C(O)C1COC2C(N1)C2C(F)(F)F.